The first-order valence-corrected chi connectivity index (χ1v) is 14.5. The van der Waals surface area contributed by atoms with E-state index >= 15 is 0 Å². The Morgan fingerprint density at radius 2 is 1.90 bits per heavy atom. The van der Waals surface area contributed by atoms with Gasteiger partial charge in [-0.1, -0.05) is 48.9 Å². The van der Waals surface area contributed by atoms with Gasteiger partial charge >= 0.3 is 5.91 Å². The number of aliphatic hydroxyl groups excluding tert-OH is 1. The average molecular weight is 591 g/mol. The van der Waals surface area contributed by atoms with Gasteiger partial charge in [0.1, 0.15) is 24.7 Å². The second kappa shape index (κ2) is 11.1. The molecule has 6 rings (SSSR count). The molecule has 8 nitrogen and oxygen atoms in total. The third-order valence-electron chi connectivity index (χ3n) is 6.94. The van der Waals surface area contributed by atoms with Gasteiger partial charge in [-0.15, -0.1) is 0 Å². The molecule has 0 spiro atoms. The van der Waals surface area contributed by atoms with Gasteiger partial charge in [0.2, 0.25) is 0 Å². The van der Waals surface area contributed by atoms with E-state index < -0.39 is 17.7 Å². The van der Waals surface area contributed by atoms with Crippen LogP contribution < -0.4 is 19.1 Å². The minimum absolute atomic E-state index is 0.0525. The van der Waals surface area contributed by atoms with Crippen molar-refractivity contribution in [1.82, 2.24) is 4.98 Å². The van der Waals surface area contributed by atoms with Gasteiger partial charge in [0.25, 0.3) is 5.78 Å². The molecule has 1 aromatic heterocycles. The summed E-state index contributed by atoms with van der Waals surface area (Å²) in [4.78, 5) is 33.3. The van der Waals surface area contributed by atoms with E-state index in [4.69, 9.17) is 25.8 Å². The van der Waals surface area contributed by atoms with Crippen LogP contribution in [0.25, 0.3) is 16.0 Å². The molecule has 0 radical (unpaired) electrons. The highest BCUT2D eigenvalue weighted by Gasteiger charge is 2.48. The number of fused-ring (bicyclic) bond motifs is 2. The van der Waals surface area contributed by atoms with Crippen LogP contribution in [-0.4, -0.2) is 41.6 Å². The van der Waals surface area contributed by atoms with Crippen LogP contribution in [0.5, 0.6) is 17.2 Å². The van der Waals surface area contributed by atoms with Crippen molar-refractivity contribution in [3.63, 3.8) is 0 Å². The van der Waals surface area contributed by atoms with Crippen molar-refractivity contribution in [2.45, 2.75) is 26.3 Å². The zero-order chi connectivity index (χ0) is 28.7. The van der Waals surface area contributed by atoms with Crippen molar-refractivity contribution in [2.75, 3.05) is 24.7 Å². The number of amides is 1. The van der Waals surface area contributed by atoms with Crippen LogP contribution in [0.2, 0.25) is 5.02 Å². The molecular weight excluding hydrogens is 564 g/mol. The zero-order valence-corrected chi connectivity index (χ0v) is 24.0. The quantitative estimate of drug-likeness (QED) is 0.144. The molecule has 4 aromatic rings. The molecule has 2 aliphatic heterocycles. The Hall–Kier alpha value is -4.08. The summed E-state index contributed by atoms with van der Waals surface area (Å²) in [6.45, 7) is 5.56. The van der Waals surface area contributed by atoms with Gasteiger partial charge < -0.3 is 19.3 Å². The fourth-order valence-corrected chi connectivity index (χ4v) is 6.14. The fourth-order valence-electron chi connectivity index (χ4n) is 4.87. The van der Waals surface area contributed by atoms with Gasteiger partial charge in [0.15, 0.2) is 16.6 Å². The van der Waals surface area contributed by atoms with Crippen LogP contribution in [0, 0.1) is 5.92 Å². The van der Waals surface area contributed by atoms with E-state index in [1.54, 1.807) is 48.5 Å². The number of thiazole rings is 1. The number of nitrogens with zero attached hydrogens (tertiary/aromatic N) is 2. The number of aromatic nitrogens is 1. The number of ether oxygens (including phenoxy) is 3. The molecule has 1 fully saturated rings. The van der Waals surface area contributed by atoms with E-state index in [0.717, 1.165) is 11.1 Å². The summed E-state index contributed by atoms with van der Waals surface area (Å²) < 4.78 is 18.0. The molecule has 2 aliphatic rings. The van der Waals surface area contributed by atoms with Crippen LogP contribution in [-0.2, 0) is 9.59 Å². The second-order valence-electron chi connectivity index (χ2n) is 10.2. The minimum atomic E-state index is -0.951. The molecule has 3 heterocycles. The number of aliphatic hydroxyl groups is 1. The van der Waals surface area contributed by atoms with Crippen molar-refractivity contribution in [2.24, 2.45) is 5.92 Å². The molecule has 0 bridgehead atoms. The fraction of sp³-hybridized carbons (Fsp3) is 0.258. The first kappa shape index (κ1) is 27.1. The number of rotatable bonds is 7. The highest BCUT2D eigenvalue weighted by atomic mass is 35.5. The molecule has 1 amide bonds. The third-order valence-corrected chi connectivity index (χ3v) is 8.20. The maximum absolute atomic E-state index is 13.6. The maximum Gasteiger partial charge on any atom is 0.301 e. The summed E-state index contributed by atoms with van der Waals surface area (Å²) in [7, 11) is 0. The number of ketones is 1. The lowest BCUT2D eigenvalue weighted by atomic mass is 9.95. The molecule has 10 heteroatoms. The summed E-state index contributed by atoms with van der Waals surface area (Å²) in [6.07, 6.45) is 0.876. The minimum Gasteiger partial charge on any atom is -0.507 e. The Balaban J connectivity index is 1.48. The maximum atomic E-state index is 13.6. The largest absolute Gasteiger partial charge is 0.507 e. The van der Waals surface area contributed by atoms with Gasteiger partial charge in [0.05, 0.1) is 28.4 Å². The van der Waals surface area contributed by atoms with Crippen LogP contribution in [0.4, 0.5) is 5.13 Å². The Kier molecular flexibility index (Phi) is 7.32. The predicted octanol–water partition coefficient (Wildman–Crippen LogP) is 6.77. The van der Waals surface area contributed by atoms with E-state index in [2.05, 4.69) is 18.8 Å². The summed E-state index contributed by atoms with van der Waals surface area (Å²) in [5.41, 5.74) is 1.52. The van der Waals surface area contributed by atoms with E-state index in [0.29, 0.717) is 69.8 Å². The first-order valence-electron chi connectivity index (χ1n) is 13.3. The van der Waals surface area contributed by atoms with Gasteiger partial charge in [0, 0.05) is 10.6 Å². The molecule has 1 N–H and O–H groups in total. The number of Topliss-reactive ketones (excluding diaryl/α,β-unsaturated/α-hetero) is 1. The summed E-state index contributed by atoms with van der Waals surface area (Å²) in [5.74, 6) is 0.158. The number of hydrogen-bond acceptors (Lipinski definition) is 8. The molecular formula is C31H27ClN2O6S. The normalized spacial score (nSPS) is 18.0. The monoisotopic (exact) mass is 590 g/mol. The number of hydrogen-bond donors (Lipinski definition) is 1. The van der Waals surface area contributed by atoms with Gasteiger partial charge in [-0.3, -0.25) is 14.5 Å². The van der Waals surface area contributed by atoms with Gasteiger partial charge in [-0.05, 0) is 66.4 Å². The molecule has 210 valence electrons. The number of benzene rings is 3. The van der Waals surface area contributed by atoms with Gasteiger partial charge in [-0.25, -0.2) is 4.98 Å². The van der Waals surface area contributed by atoms with Crippen molar-refractivity contribution in [1.29, 1.82) is 0 Å². The molecule has 1 saturated heterocycles. The lowest BCUT2D eigenvalue weighted by molar-refractivity contribution is -0.132. The summed E-state index contributed by atoms with van der Waals surface area (Å²) >= 11 is 7.44. The second-order valence-corrected chi connectivity index (χ2v) is 11.7. The van der Waals surface area contributed by atoms with Crippen LogP contribution >= 0.6 is 22.9 Å². The summed E-state index contributed by atoms with van der Waals surface area (Å²) in [5, 5.41) is 12.4. The van der Waals surface area contributed by atoms with E-state index in [1.165, 1.54) is 16.2 Å². The standard InChI is InChI=1S/C31H27ClN2O6S/c1-17(2)10-11-38-21-5-3-4-18(14-21)27-26(28(35)19-6-9-23-24(15-19)40-13-12-39-23)29(36)30(37)34(27)31-33-22-8-7-20(32)16-25(22)41-31/h3-9,14-17,27,35H,10-13H2,1-2H3/b28-26+/t27-/m1/s1. The number of carbonyl (C=O) groups excluding carboxylic acids is 2. The Morgan fingerprint density at radius 1 is 1.10 bits per heavy atom. The first-order chi connectivity index (χ1) is 19.8. The number of halogens is 1. The molecule has 3 aromatic carbocycles. The zero-order valence-electron chi connectivity index (χ0n) is 22.4. The highest BCUT2D eigenvalue weighted by Crippen LogP contribution is 2.45. The topological polar surface area (TPSA) is 98.2 Å². The van der Waals surface area contributed by atoms with Crippen molar-refractivity contribution in [3.8, 4) is 17.2 Å². The predicted molar refractivity (Wildman–Crippen MR) is 158 cm³/mol. The van der Waals surface area contributed by atoms with E-state index in [9.17, 15) is 14.7 Å². The van der Waals surface area contributed by atoms with Crippen molar-refractivity contribution < 1.29 is 28.9 Å². The van der Waals surface area contributed by atoms with Crippen molar-refractivity contribution in [3.05, 3.63) is 82.4 Å². The van der Waals surface area contributed by atoms with Crippen LogP contribution in [0.15, 0.2) is 66.2 Å². The van der Waals surface area contributed by atoms with Crippen molar-refractivity contribution >= 4 is 55.7 Å². The highest BCUT2D eigenvalue weighted by molar-refractivity contribution is 7.22. The number of anilines is 1. The smallest absolute Gasteiger partial charge is 0.301 e. The lowest BCUT2D eigenvalue weighted by Crippen LogP contribution is -2.29. The Labute approximate surface area is 245 Å². The van der Waals surface area contributed by atoms with E-state index in [-0.39, 0.29) is 11.3 Å². The SMILES string of the molecule is CC(C)CCOc1cccc([C@@H]2/C(=C(\O)c3ccc4c(c3)OCCO4)C(=O)C(=O)N2c2nc3ccc(Cl)cc3s2)c1. The van der Waals surface area contributed by atoms with Gasteiger partial charge in [-0.2, -0.15) is 0 Å². The molecule has 0 aliphatic carbocycles. The van der Waals surface area contributed by atoms with Crippen LogP contribution in [0.3, 0.4) is 0 Å². The third kappa shape index (κ3) is 5.23. The molecule has 0 unspecified atom stereocenters. The van der Waals surface area contributed by atoms with Crippen LogP contribution in [0.1, 0.15) is 37.4 Å². The molecule has 1 atom stereocenters. The Bertz CT molecular complexity index is 1700. The molecule has 41 heavy (non-hydrogen) atoms. The summed E-state index contributed by atoms with van der Waals surface area (Å²) in [6, 6.07) is 16.5. The number of carbonyl (C=O) groups is 2. The average Bonchev–Trinajstić information content (AvgIpc) is 3.49. The van der Waals surface area contributed by atoms with E-state index in [1.807, 2.05) is 12.1 Å². The Morgan fingerprint density at radius 3 is 2.71 bits per heavy atom. The lowest BCUT2D eigenvalue weighted by Gasteiger charge is -2.24. The molecule has 0 saturated carbocycles.